The van der Waals surface area contributed by atoms with E-state index in [4.69, 9.17) is 11.5 Å². The predicted molar refractivity (Wildman–Crippen MR) is 164 cm³/mol. The summed E-state index contributed by atoms with van der Waals surface area (Å²) in [6.07, 6.45) is 0.625. The molecule has 0 spiro atoms. The van der Waals surface area contributed by atoms with Gasteiger partial charge in [0.1, 0.15) is 28.7 Å². The minimum Gasteiger partial charge on any atom is -0.322 e. The van der Waals surface area contributed by atoms with Crippen LogP contribution in [-0.4, -0.2) is 19.1 Å². The second kappa shape index (κ2) is 12.4. The molecule has 0 aliphatic carbocycles. The lowest BCUT2D eigenvalue weighted by Crippen LogP contribution is -2.28. The Hall–Kier alpha value is -5.06. The quantitative estimate of drug-likeness (QED) is 0.279. The molecule has 0 aliphatic rings. The fourth-order valence-corrected chi connectivity index (χ4v) is 4.77. The standard InChI is InChI=1S/C17H16FN3O.C16H14FN3O/c1-2-13(19)16-20-14-10-6-9-12(18)15(14)17(22)21(16)11-7-4-3-5-8-11;1-10(18)15-19-14-8-7-11(17)9-13(14)16(21)20(15)12-5-3-2-4-6-12/h3-10,13H,2,19H2,1H3;2-10H,18H2,1H3/t13-;10-/m00/s1. The molecule has 0 bridgehead atoms. The SMILES string of the molecule is CC[C@H](N)c1nc2cccc(F)c2c(=O)n1-c1ccccc1.C[C@H](N)c1nc2ccc(F)cc2c(=O)n1-c1ccccc1. The Kier molecular flexibility index (Phi) is 8.51. The van der Waals surface area contributed by atoms with Gasteiger partial charge in [0, 0.05) is 0 Å². The molecular formula is C33H30F2N6O2. The summed E-state index contributed by atoms with van der Waals surface area (Å²) >= 11 is 0. The van der Waals surface area contributed by atoms with Crippen LogP contribution in [-0.2, 0) is 0 Å². The summed E-state index contributed by atoms with van der Waals surface area (Å²) in [5.74, 6) is -0.145. The van der Waals surface area contributed by atoms with E-state index in [9.17, 15) is 18.4 Å². The highest BCUT2D eigenvalue weighted by Crippen LogP contribution is 2.20. The molecule has 8 nitrogen and oxygen atoms in total. The third kappa shape index (κ3) is 5.83. The van der Waals surface area contributed by atoms with Gasteiger partial charge in [0.15, 0.2) is 0 Å². The van der Waals surface area contributed by atoms with Gasteiger partial charge in [-0.15, -0.1) is 0 Å². The fraction of sp³-hybridized carbons (Fsp3) is 0.152. The minimum atomic E-state index is -0.573. The summed E-state index contributed by atoms with van der Waals surface area (Å²) in [6, 6.07) is 25.7. The number of fused-ring (bicyclic) bond motifs is 2. The van der Waals surface area contributed by atoms with Crippen molar-refractivity contribution in [1.29, 1.82) is 0 Å². The van der Waals surface area contributed by atoms with Gasteiger partial charge < -0.3 is 11.5 Å². The van der Waals surface area contributed by atoms with E-state index in [1.807, 2.05) is 43.3 Å². The summed E-state index contributed by atoms with van der Waals surface area (Å²) in [5, 5.41) is 0.224. The molecule has 6 aromatic rings. The summed E-state index contributed by atoms with van der Waals surface area (Å²) < 4.78 is 30.3. The Morgan fingerprint density at radius 2 is 1.30 bits per heavy atom. The third-order valence-electron chi connectivity index (χ3n) is 6.94. The average Bonchev–Trinajstić information content (AvgIpc) is 3.01. The van der Waals surface area contributed by atoms with Gasteiger partial charge in [-0.3, -0.25) is 18.7 Å². The lowest BCUT2D eigenvalue weighted by Gasteiger charge is -2.17. The average molecular weight is 581 g/mol. The lowest BCUT2D eigenvalue weighted by molar-refractivity contribution is 0.614. The van der Waals surface area contributed by atoms with Crippen LogP contribution in [0.2, 0.25) is 0 Å². The predicted octanol–water partition coefficient (Wildman–Crippen LogP) is 5.48. The number of aromatic nitrogens is 4. The van der Waals surface area contributed by atoms with E-state index in [0.717, 1.165) is 0 Å². The maximum Gasteiger partial charge on any atom is 0.269 e. The van der Waals surface area contributed by atoms with E-state index < -0.39 is 29.3 Å². The zero-order chi connectivity index (χ0) is 30.7. The zero-order valence-corrected chi connectivity index (χ0v) is 23.6. The zero-order valence-electron chi connectivity index (χ0n) is 23.6. The first kappa shape index (κ1) is 29.4. The first-order valence-corrected chi connectivity index (χ1v) is 13.8. The van der Waals surface area contributed by atoms with Crippen LogP contribution >= 0.6 is 0 Å². The maximum absolute atomic E-state index is 14.1. The fourth-order valence-electron chi connectivity index (χ4n) is 4.77. The highest BCUT2D eigenvalue weighted by Gasteiger charge is 2.19. The topological polar surface area (TPSA) is 122 Å². The normalized spacial score (nSPS) is 12.5. The van der Waals surface area contributed by atoms with E-state index in [2.05, 4.69) is 9.97 Å². The molecule has 2 aromatic heterocycles. The molecular weight excluding hydrogens is 550 g/mol. The molecule has 6 rings (SSSR count). The van der Waals surface area contributed by atoms with Crippen molar-refractivity contribution in [2.45, 2.75) is 32.4 Å². The van der Waals surface area contributed by atoms with Crippen LogP contribution < -0.4 is 22.6 Å². The van der Waals surface area contributed by atoms with Crippen molar-refractivity contribution in [3.63, 3.8) is 0 Å². The number of hydrogen-bond acceptors (Lipinski definition) is 6. The summed E-state index contributed by atoms with van der Waals surface area (Å²) in [5.41, 5.74) is 13.4. The minimum absolute atomic E-state index is 0.0154. The van der Waals surface area contributed by atoms with E-state index >= 15 is 0 Å². The van der Waals surface area contributed by atoms with Crippen molar-refractivity contribution >= 4 is 21.8 Å². The molecule has 2 heterocycles. The molecule has 0 saturated carbocycles. The van der Waals surface area contributed by atoms with Crippen LogP contribution in [0.4, 0.5) is 8.78 Å². The number of rotatable bonds is 5. The lowest BCUT2D eigenvalue weighted by atomic mass is 10.1. The van der Waals surface area contributed by atoms with E-state index in [0.29, 0.717) is 40.5 Å². The molecule has 0 aliphatic heterocycles. The van der Waals surface area contributed by atoms with Crippen LogP contribution in [0.15, 0.2) is 107 Å². The number of para-hydroxylation sites is 2. The first-order chi connectivity index (χ1) is 20.7. The molecule has 4 aromatic carbocycles. The maximum atomic E-state index is 14.1. The van der Waals surface area contributed by atoms with Crippen molar-refractivity contribution in [2.75, 3.05) is 0 Å². The van der Waals surface area contributed by atoms with Crippen molar-refractivity contribution < 1.29 is 8.78 Å². The van der Waals surface area contributed by atoms with Gasteiger partial charge in [-0.05, 0) is 67.9 Å². The summed E-state index contributed by atoms with van der Waals surface area (Å²) in [7, 11) is 0. The number of nitrogens with two attached hydrogens (primary N) is 2. The molecule has 4 N–H and O–H groups in total. The molecule has 0 radical (unpaired) electrons. The van der Waals surface area contributed by atoms with Crippen LogP contribution in [0.25, 0.3) is 33.2 Å². The molecule has 0 saturated heterocycles. The highest BCUT2D eigenvalue weighted by molar-refractivity contribution is 5.79. The van der Waals surface area contributed by atoms with Gasteiger partial charge in [0.25, 0.3) is 11.1 Å². The molecule has 218 valence electrons. The third-order valence-corrected chi connectivity index (χ3v) is 6.94. The summed E-state index contributed by atoms with van der Waals surface area (Å²) in [4.78, 5) is 34.4. The number of benzene rings is 4. The number of hydrogen-bond donors (Lipinski definition) is 2. The van der Waals surface area contributed by atoms with E-state index in [1.54, 1.807) is 37.3 Å². The molecule has 0 amide bonds. The first-order valence-electron chi connectivity index (χ1n) is 13.8. The van der Waals surface area contributed by atoms with Crippen molar-refractivity contribution in [3.8, 4) is 11.4 Å². The van der Waals surface area contributed by atoms with Gasteiger partial charge in [0.2, 0.25) is 0 Å². The van der Waals surface area contributed by atoms with Crippen molar-refractivity contribution in [3.05, 3.63) is 141 Å². The van der Waals surface area contributed by atoms with Crippen LogP contribution in [0, 0.1) is 11.6 Å². The van der Waals surface area contributed by atoms with Crippen LogP contribution in [0.3, 0.4) is 0 Å². The largest absolute Gasteiger partial charge is 0.322 e. The van der Waals surface area contributed by atoms with E-state index in [-0.39, 0.29) is 16.3 Å². The van der Waals surface area contributed by atoms with Gasteiger partial charge in [0.05, 0.1) is 39.9 Å². The molecule has 10 heteroatoms. The molecule has 2 atom stereocenters. The van der Waals surface area contributed by atoms with Gasteiger partial charge in [-0.2, -0.15) is 0 Å². The Bertz CT molecular complexity index is 2030. The Balaban J connectivity index is 0.000000171. The van der Waals surface area contributed by atoms with Crippen LogP contribution in [0.5, 0.6) is 0 Å². The second-order valence-electron chi connectivity index (χ2n) is 9.99. The van der Waals surface area contributed by atoms with Gasteiger partial charge >= 0.3 is 0 Å². The number of halogens is 2. The van der Waals surface area contributed by atoms with E-state index in [1.165, 1.54) is 39.5 Å². The number of nitrogens with zero attached hydrogens (tertiary/aromatic N) is 4. The Morgan fingerprint density at radius 3 is 1.88 bits per heavy atom. The molecule has 0 unspecified atom stereocenters. The summed E-state index contributed by atoms with van der Waals surface area (Å²) in [6.45, 7) is 3.68. The van der Waals surface area contributed by atoms with Crippen LogP contribution in [0.1, 0.15) is 44.0 Å². The van der Waals surface area contributed by atoms with Gasteiger partial charge in [-0.1, -0.05) is 49.4 Å². The highest BCUT2D eigenvalue weighted by atomic mass is 19.1. The van der Waals surface area contributed by atoms with Crippen molar-refractivity contribution in [2.24, 2.45) is 11.5 Å². The van der Waals surface area contributed by atoms with Crippen molar-refractivity contribution in [1.82, 2.24) is 19.1 Å². The second-order valence-corrected chi connectivity index (χ2v) is 9.99. The smallest absolute Gasteiger partial charge is 0.269 e. The monoisotopic (exact) mass is 580 g/mol. The molecule has 0 fully saturated rings. The van der Waals surface area contributed by atoms with Gasteiger partial charge in [-0.25, -0.2) is 18.7 Å². The molecule has 43 heavy (non-hydrogen) atoms. The Labute approximate surface area is 245 Å². The Morgan fingerprint density at radius 1 is 0.721 bits per heavy atom.